The van der Waals surface area contributed by atoms with Crippen molar-refractivity contribution in [2.45, 2.75) is 6.92 Å². The van der Waals surface area contributed by atoms with Gasteiger partial charge in [0.1, 0.15) is 0 Å². The molecule has 0 unspecified atom stereocenters. The predicted molar refractivity (Wildman–Crippen MR) is 105 cm³/mol. The first-order chi connectivity index (χ1) is 12.8. The molecule has 0 saturated carbocycles. The molecule has 1 heterocycles. The number of aromatic carboxylic acids is 1. The first-order valence-electron chi connectivity index (χ1n) is 8.18. The Bertz CT molecular complexity index is 978. The highest BCUT2D eigenvalue weighted by molar-refractivity contribution is 6.34. The van der Waals surface area contributed by atoms with Gasteiger partial charge in [0.2, 0.25) is 0 Å². The van der Waals surface area contributed by atoms with E-state index < -0.39 is 5.97 Å². The smallest absolute Gasteiger partial charge is 0.280 e. The van der Waals surface area contributed by atoms with E-state index in [-0.39, 0.29) is 16.5 Å². The molecule has 27 heavy (non-hydrogen) atoms. The van der Waals surface area contributed by atoms with E-state index in [1.807, 2.05) is 43.3 Å². The van der Waals surface area contributed by atoms with Crippen molar-refractivity contribution in [2.75, 3.05) is 24.0 Å². The molecule has 0 aromatic heterocycles. The third-order valence-corrected chi connectivity index (χ3v) is 4.53. The normalized spacial score (nSPS) is 15.3. The molecular weight excluding hydrogens is 366 g/mol. The van der Waals surface area contributed by atoms with Crippen LogP contribution in [0, 0.1) is 0 Å². The molecule has 1 aliphatic heterocycles. The van der Waals surface area contributed by atoms with Crippen LogP contribution in [0.2, 0.25) is 5.02 Å². The highest BCUT2D eigenvalue weighted by atomic mass is 35.5. The molecule has 0 fully saturated rings. The summed E-state index contributed by atoms with van der Waals surface area (Å²) >= 11 is 5.86. The van der Waals surface area contributed by atoms with E-state index in [0.717, 1.165) is 16.3 Å². The third kappa shape index (κ3) is 3.71. The quantitative estimate of drug-likeness (QED) is 0.761. The summed E-state index contributed by atoms with van der Waals surface area (Å²) in [5, 5.41) is 16.6. The van der Waals surface area contributed by atoms with Crippen LogP contribution in [0.4, 0.5) is 11.4 Å². The molecule has 0 bridgehead atoms. The number of carboxylic acid groups (broad SMARTS) is 1. The molecular formula is C20H17ClN3O3-. The number of carbonyl (C=O) groups is 2. The third-order valence-electron chi connectivity index (χ3n) is 4.20. The number of amides is 1. The van der Waals surface area contributed by atoms with Gasteiger partial charge in [0, 0.05) is 30.4 Å². The monoisotopic (exact) mass is 382 g/mol. The molecule has 6 nitrogen and oxygen atoms in total. The number of nitrogens with zero attached hydrogens (tertiary/aromatic N) is 3. The van der Waals surface area contributed by atoms with Crippen molar-refractivity contribution >= 4 is 46.6 Å². The zero-order chi connectivity index (χ0) is 19.7. The van der Waals surface area contributed by atoms with Crippen LogP contribution in [-0.4, -0.2) is 31.7 Å². The van der Waals surface area contributed by atoms with Crippen molar-refractivity contribution in [3.8, 4) is 0 Å². The van der Waals surface area contributed by atoms with Crippen LogP contribution >= 0.6 is 11.6 Å². The fraction of sp³-hybridized carbons (Fsp3) is 0.150. The maximum absolute atomic E-state index is 12.8. The Hall–Kier alpha value is -3.12. The summed E-state index contributed by atoms with van der Waals surface area (Å²) in [5.41, 5.74) is 3.03. The molecule has 2 aromatic rings. The number of hydrazone groups is 1. The van der Waals surface area contributed by atoms with E-state index >= 15 is 0 Å². The van der Waals surface area contributed by atoms with E-state index in [0.29, 0.717) is 17.0 Å². The van der Waals surface area contributed by atoms with E-state index in [9.17, 15) is 14.7 Å². The Morgan fingerprint density at radius 3 is 2.44 bits per heavy atom. The van der Waals surface area contributed by atoms with Gasteiger partial charge >= 0.3 is 0 Å². The molecule has 138 valence electrons. The molecule has 2 aromatic carbocycles. The van der Waals surface area contributed by atoms with Crippen LogP contribution in [0.3, 0.4) is 0 Å². The van der Waals surface area contributed by atoms with E-state index in [4.69, 9.17) is 11.6 Å². The number of benzene rings is 2. The van der Waals surface area contributed by atoms with E-state index in [2.05, 4.69) is 5.10 Å². The lowest BCUT2D eigenvalue weighted by Gasteiger charge is -2.14. The molecule has 1 aliphatic rings. The van der Waals surface area contributed by atoms with Crippen LogP contribution in [0.25, 0.3) is 6.08 Å². The first kappa shape index (κ1) is 18.7. The minimum absolute atomic E-state index is 0.0443. The topological polar surface area (TPSA) is 76.0 Å². The lowest BCUT2D eigenvalue weighted by Crippen LogP contribution is -2.25. The summed E-state index contributed by atoms with van der Waals surface area (Å²) in [6, 6.07) is 12.0. The fourth-order valence-corrected chi connectivity index (χ4v) is 2.89. The Morgan fingerprint density at radius 2 is 1.85 bits per heavy atom. The van der Waals surface area contributed by atoms with Crippen molar-refractivity contribution in [2.24, 2.45) is 5.10 Å². The summed E-state index contributed by atoms with van der Waals surface area (Å²) in [7, 11) is 3.91. The molecule has 0 aliphatic carbocycles. The Morgan fingerprint density at radius 1 is 1.19 bits per heavy atom. The SMILES string of the molecule is CC1=NN(c2ccc(Cl)c(C(=O)[O-])c2)C(=O)/C1=C\c1ccc(N(C)C)cc1. The van der Waals surface area contributed by atoms with Crippen molar-refractivity contribution in [3.63, 3.8) is 0 Å². The fourth-order valence-electron chi connectivity index (χ4n) is 2.70. The average molecular weight is 383 g/mol. The van der Waals surface area contributed by atoms with Crippen molar-refractivity contribution in [1.29, 1.82) is 0 Å². The van der Waals surface area contributed by atoms with Gasteiger partial charge in [-0.05, 0) is 48.9 Å². The van der Waals surface area contributed by atoms with Gasteiger partial charge in [-0.3, -0.25) is 4.79 Å². The number of carboxylic acids is 1. The summed E-state index contributed by atoms with van der Waals surface area (Å²) in [6.07, 6.45) is 1.76. The highest BCUT2D eigenvalue weighted by Gasteiger charge is 2.29. The standard InChI is InChI=1S/C20H18ClN3O3/c1-12-16(10-13-4-6-14(7-5-13)23(2)3)19(25)24(22-12)15-8-9-18(21)17(11-15)20(26)27/h4-11H,1-3H3,(H,26,27)/p-1/b16-10-. The van der Waals surface area contributed by atoms with Crippen LogP contribution in [0.5, 0.6) is 0 Å². The lowest BCUT2D eigenvalue weighted by atomic mass is 10.1. The maximum atomic E-state index is 12.8. The van der Waals surface area contributed by atoms with Gasteiger partial charge in [0.25, 0.3) is 5.91 Å². The van der Waals surface area contributed by atoms with Crippen LogP contribution in [-0.2, 0) is 4.79 Å². The Kier molecular flexibility index (Phi) is 5.01. The van der Waals surface area contributed by atoms with Crippen molar-refractivity contribution in [1.82, 2.24) is 0 Å². The Balaban J connectivity index is 1.92. The summed E-state index contributed by atoms with van der Waals surface area (Å²) in [5.74, 6) is -1.75. The van der Waals surface area contributed by atoms with Gasteiger partial charge in [-0.1, -0.05) is 23.7 Å². The maximum Gasteiger partial charge on any atom is 0.280 e. The number of hydrogen-bond acceptors (Lipinski definition) is 5. The molecule has 0 atom stereocenters. The summed E-state index contributed by atoms with van der Waals surface area (Å²) < 4.78 is 0. The minimum atomic E-state index is -1.41. The zero-order valence-corrected chi connectivity index (χ0v) is 15.8. The van der Waals surface area contributed by atoms with Gasteiger partial charge in [0.15, 0.2) is 0 Å². The second-order valence-electron chi connectivity index (χ2n) is 6.30. The summed E-state index contributed by atoms with van der Waals surface area (Å²) in [6.45, 7) is 1.73. The van der Waals surface area contributed by atoms with Crippen molar-refractivity contribution in [3.05, 3.63) is 64.2 Å². The highest BCUT2D eigenvalue weighted by Crippen LogP contribution is 2.28. The van der Waals surface area contributed by atoms with E-state index in [1.54, 1.807) is 13.0 Å². The first-order valence-corrected chi connectivity index (χ1v) is 8.55. The van der Waals surface area contributed by atoms with Gasteiger partial charge in [-0.25, -0.2) is 0 Å². The van der Waals surface area contributed by atoms with Gasteiger partial charge in [-0.2, -0.15) is 10.1 Å². The van der Waals surface area contributed by atoms with Gasteiger partial charge in [-0.15, -0.1) is 0 Å². The second-order valence-corrected chi connectivity index (χ2v) is 6.71. The zero-order valence-electron chi connectivity index (χ0n) is 15.1. The minimum Gasteiger partial charge on any atom is -0.545 e. The Labute approximate surface area is 162 Å². The molecule has 1 amide bonds. The number of halogens is 1. The molecule has 0 radical (unpaired) electrons. The number of carbonyl (C=O) groups excluding carboxylic acids is 2. The molecule has 7 heteroatoms. The molecule has 0 N–H and O–H groups in total. The van der Waals surface area contributed by atoms with Crippen LogP contribution < -0.4 is 15.0 Å². The van der Waals surface area contributed by atoms with Crippen LogP contribution in [0.1, 0.15) is 22.8 Å². The second kappa shape index (κ2) is 7.25. The predicted octanol–water partition coefficient (Wildman–Crippen LogP) is 2.58. The number of rotatable bonds is 4. The van der Waals surface area contributed by atoms with E-state index in [1.165, 1.54) is 18.2 Å². The molecule has 3 rings (SSSR count). The number of anilines is 2. The van der Waals surface area contributed by atoms with Crippen molar-refractivity contribution < 1.29 is 14.7 Å². The number of hydrogen-bond donors (Lipinski definition) is 0. The average Bonchev–Trinajstić information content (AvgIpc) is 2.90. The van der Waals surface area contributed by atoms with Crippen LogP contribution in [0.15, 0.2) is 53.1 Å². The largest absolute Gasteiger partial charge is 0.545 e. The molecule has 0 spiro atoms. The molecule has 0 saturated heterocycles. The summed E-state index contributed by atoms with van der Waals surface area (Å²) in [4.78, 5) is 26.0. The van der Waals surface area contributed by atoms with Gasteiger partial charge < -0.3 is 14.8 Å². The lowest BCUT2D eigenvalue weighted by molar-refractivity contribution is -0.255. The van der Waals surface area contributed by atoms with Gasteiger partial charge in [0.05, 0.1) is 22.9 Å².